The quantitative estimate of drug-likeness (QED) is 0.226. The molecule has 2 N–H and O–H groups in total. The zero-order chi connectivity index (χ0) is 32.6. The van der Waals surface area contributed by atoms with Gasteiger partial charge in [0.25, 0.3) is 0 Å². The van der Waals surface area contributed by atoms with Gasteiger partial charge in [0.2, 0.25) is 5.91 Å². The highest BCUT2D eigenvalue weighted by Crippen LogP contribution is 2.39. The summed E-state index contributed by atoms with van der Waals surface area (Å²) in [4.78, 5) is 38.9. The van der Waals surface area contributed by atoms with Crippen LogP contribution in [0.25, 0.3) is 10.4 Å². The molecule has 2 amide bonds. The first-order valence-electron chi connectivity index (χ1n) is 16.7. The number of aliphatic hydroxyl groups is 1. The first-order valence-corrected chi connectivity index (χ1v) is 17.5. The van der Waals surface area contributed by atoms with Crippen molar-refractivity contribution in [2.75, 3.05) is 31.7 Å². The summed E-state index contributed by atoms with van der Waals surface area (Å²) in [5.74, 6) is 2.03. The van der Waals surface area contributed by atoms with Crippen LogP contribution in [0.4, 0.5) is 10.5 Å². The number of nitrogens with one attached hydrogen (secondary N) is 1. The van der Waals surface area contributed by atoms with E-state index in [1.54, 1.807) is 18.4 Å². The van der Waals surface area contributed by atoms with Crippen molar-refractivity contribution < 1.29 is 24.2 Å². The molecule has 0 bridgehead atoms. The van der Waals surface area contributed by atoms with E-state index < -0.39 is 6.09 Å². The Morgan fingerprint density at radius 3 is 2.48 bits per heavy atom. The number of hydrogen-bond donors (Lipinski definition) is 2. The first-order chi connectivity index (χ1) is 22.2. The number of aromatic nitrogens is 2. The molecule has 9 nitrogen and oxygen atoms in total. The molecule has 2 aliphatic carbocycles. The van der Waals surface area contributed by atoms with E-state index in [0.717, 1.165) is 64.0 Å². The molecule has 2 heterocycles. The molecule has 0 saturated heterocycles. The summed E-state index contributed by atoms with van der Waals surface area (Å²) in [6, 6.07) is 12.5. The second-order valence-corrected chi connectivity index (χ2v) is 14.0. The predicted octanol–water partition coefficient (Wildman–Crippen LogP) is 7.23. The Morgan fingerprint density at radius 2 is 1.83 bits per heavy atom. The highest BCUT2D eigenvalue weighted by atomic mass is 32.1. The Kier molecular flexibility index (Phi) is 11.7. The van der Waals surface area contributed by atoms with Gasteiger partial charge in [-0.2, -0.15) is 0 Å². The van der Waals surface area contributed by atoms with Crippen molar-refractivity contribution in [2.24, 2.45) is 11.8 Å². The molecule has 248 valence electrons. The number of anilines is 1. The number of aliphatic hydroxyl groups excluding tert-OH is 1. The van der Waals surface area contributed by atoms with E-state index in [2.05, 4.69) is 48.4 Å². The Labute approximate surface area is 276 Å². The Hall–Kier alpha value is -3.50. The van der Waals surface area contributed by atoms with Gasteiger partial charge in [-0.15, -0.1) is 11.3 Å². The van der Waals surface area contributed by atoms with Gasteiger partial charge in [0.1, 0.15) is 11.9 Å². The number of methoxy groups -OCH3 is 1. The minimum absolute atomic E-state index is 0.122. The number of amides is 2. The van der Waals surface area contributed by atoms with Gasteiger partial charge in [-0.05, 0) is 94.0 Å². The highest BCUT2D eigenvalue weighted by molar-refractivity contribution is 7.15. The van der Waals surface area contributed by atoms with Crippen molar-refractivity contribution >= 4 is 29.0 Å². The van der Waals surface area contributed by atoms with Gasteiger partial charge in [-0.25, -0.2) is 9.78 Å². The molecule has 5 rings (SSSR count). The standard InChI is InChI=1S/C36H48N4O5S/c1-23(2)34-38-21-33(46-34)28-6-5-7-29(20-28)40(35(42)27-12-14-30(15-13-27)45-36(43)37-18-19-41)22-25-8-10-26(11-9-25)31-16-17-32(44-4)24(3)39-31/h5-7,16-17,20-21,23,25-27,30,41H,8-15,18-19,22H2,1-4H3,(H,37,43)/t25-,26-,27-,30-. The minimum atomic E-state index is -0.512. The number of nitrogens with zero attached hydrogens (tertiary/aromatic N) is 3. The van der Waals surface area contributed by atoms with E-state index in [-0.39, 0.29) is 31.1 Å². The summed E-state index contributed by atoms with van der Waals surface area (Å²) in [6.07, 6.45) is 8.03. The molecule has 3 aromatic rings. The van der Waals surface area contributed by atoms with Crippen LogP contribution in [0.2, 0.25) is 0 Å². The topological polar surface area (TPSA) is 114 Å². The summed E-state index contributed by atoms with van der Waals surface area (Å²) in [5.41, 5.74) is 4.06. The molecule has 0 unspecified atom stereocenters. The normalized spacial score (nSPS) is 21.5. The number of pyridine rings is 1. The lowest BCUT2D eigenvalue weighted by Crippen LogP contribution is -2.42. The van der Waals surface area contributed by atoms with Crippen molar-refractivity contribution in [1.82, 2.24) is 15.3 Å². The number of alkyl carbamates (subject to hydrolysis) is 1. The number of aryl methyl sites for hydroxylation is 1. The summed E-state index contributed by atoms with van der Waals surface area (Å²) in [7, 11) is 1.68. The SMILES string of the molecule is COc1ccc([C@H]2CC[C@H](CN(c3cccc(-c4cnc(C(C)C)s4)c3)C(=O)[C@H]3CC[C@H](OC(=O)NCCO)CC3)CC2)nc1C. The number of ether oxygens (including phenoxy) is 2. The summed E-state index contributed by atoms with van der Waals surface area (Å²) in [6.45, 7) is 7.02. The van der Waals surface area contributed by atoms with E-state index in [9.17, 15) is 9.59 Å². The Bertz CT molecular complexity index is 1460. The fraction of sp³-hybridized carbons (Fsp3) is 0.556. The maximum atomic E-state index is 14.3. The van der Waals surface area contributed by atoms with Gasteiger partial charge in [0.15, 0.2) is 0 Å². The third kappa shape index (κ3) is 8.45. The van der Waals surface area contributed by atoms with E-state index in [1.807, 2.05) is 30.2 Å². The summed E-state index contributed by atoms with van der Waals surface area (Å²) < 4.78 is 10.9. The van der Waals surface area contributed by atoms with Crippen LogP contribution in [-0.2, 0) is 9.53 Å². The molecule has 0 spiro atoms. The molecule has 10 heteroatoms. The summed E-state index contributed by atoms with van der Waals surface area (Å²) >= 11 is 1.71. The number of carbonyl (C=O) groups is 2. The highest BCUT2D eigenvalue weighted by Gasteiger charge is 2.34. The minimum Gasteiger partial charge on any atom is -0.495 e. The van der Waals surface area contributed by atoms with Crippen LogP contribution in [0.15, 0.2) is 42.6 Å². The van der Waals surface area contributed by atoms with Crippen molar-refractivity contribution in [2.45, 2.75) is 90.1 Å². The van der Waals surface area contributed by atoms with E-state index in [0.29, 0.717) is 50.0 Å². The van der Waals surface area contributed by atoms with Crippen LogP contribution in [0.3, 0.4) is 0 Å². The second kappa shape index (κ2) is 15.9. The van der Waals surface area contributed by atoms with Crippen LogP contribution < -0.4 is 15.0 Å². The Morgan fingerprint density at radius 1 is 1.07 bits per heavy atom. The van der Waals surface area contributed by atoms with Gasteiger partial charge in [-0.3, -0.25) is 9.78 Å². The predicted molar refractivity (Wildman–Crippen MR) is 182 cm³/mol. The van der Waals surface area contributed by atoms with Crippen LogP contribution >= 0.6 is 11.3 Å². The molecule has 0 radical (unpaired) electrons. The van der Waals surface area contributed by atoms with Crippen LogP contribution in [0.1, 0.15) is 93.4 Å². The van der Waals surface area contributed by atoms with Gasteiger partial charge in [-0.1, -0.05) is 26.0 Å². The molecule has 2 fully saturated rings. The number of benzene rings is 1. The largest absolute Gasteiger partial charge is 0.495 e. The molecular weight excluding hydrogens is 600 g/mol. The van der Waals surface area contributed by atoms with Gasteiger partial charge >= 0.3 is 6.09 Å². The Balaban J connectivity index is 1.30. The molecular formula is C36H48N4O5S. The average Bonchev–Trinajstić information content (AvgIpc) is 3.58. The van der Waals surface area contributed by atoms with Gasteiger partial charge < -0.3 is 24.8 Å². The van der Waals surface area contributed by atoms with E-state index in [1.165, 1.54) is 0 Å². The zero-order valence-electron chi connectivity index (χ0n) is 27.5. The fourth-order valence-electron chi connectivity index (χ4n) is 6.75. The smallest absolute Gasteiger partial charge is 0.407 e. The number of thiazole rings is 1. The molecule has 0 aliphatic heterocycles. The molecule has 1 aromatic carbocycles. The molecule has 2 aliphatic rings. The van der Waals surface area contributed by atoms with Crippen molar-refractivity contribution in [3.63, 3.8) is 0 Å². The van der Waals surface area contributed by atoms with Crippen molar-refractivity contribution in [1.29, 1.82) is 0 Å². The molecule has 0 atom stereocenters. The first kappa shape index (κ1) is 33.9. The number of carbonyl (C=O) groups excluding carboxylic acids is 2. The molecule has 2 aromatic heterocycles. The number of hydrogen-bond acceptors (Lipinski definition) is 8. The zero-order valence-corrected chi connectivity index (χ0v) is 28.4. The van der Waals surface area contributed by atoms with Gasteiger partial charge in [0.05, 0.1) is 29.3 Å². The van der Waals surface area contributed by atoms with E-state index >= 15 is 0 Å². The molecule has 46 heavy (non-hydrogen) atoms. The average molecular weight is 649 g/mol. The molecule has 2 saturated carbocycles. The maximum Gasteiger partial charge on any atom is 0.407 e. The third-order valence-corrected chi connectivity index (χ3v) is 10.7. The maximum absolute atomic E-state index is 14.3. The monoisotopic (exact) mass is 648 g/mol. The van der Waals surface area contributed by atoms with Crippen LogP contribution in [-0.4, -0.2) is 60.0 Å². The van der Waals surface area contributed by atoms with Crippen molar-refractivity contribution in [3.05, 3.63) is 59.0 Å². The van der Waals surface area contributed by atoms with Crippen LogP contribution in [0.5, 0.6) is 5.75 Å². The van der Waals surface area contributed by atoms with Crippen molar-refractivity contribution in [3.8, 4) is 16.2 Å². The van der Waals surface area contributed by atoms with E-state index in [4.69, 9.17) is 19.6 Å². The summed E-state index contributed by atoms with van der Waals surface area (Å²) in [5, 5.41) is 12.6. The fourth-order valence-corrected chi connectivity index (χ4v) is 7.66. The lowest BCUT2D eigenvalue weighted by atomic mass is 9.79. The van der Waals surface area contributed by atoms with Gasteiger partial charge in [0, 0.05) is 48.4 Å². The third-order valence-electron chi connectivity index (χ3n) is 9.39. The lowest BCUT2D eigenvalue weighted by Gasteiger charge is -2.36. The second-order valence-electron chi connectivity index (χ2n) is 13.0. The lowest BCUT2D eigenvalue weighted by molar-refractivity contribution is -0.124. The number of rotatable bonds is 11. The van der Waals surface area contributed by atoms with Crippen LogP contribution in [0, 0.1) is 18.8 Å².